The van der Waals surface area contributed by atoms with E-state index in [1.807, 2.05) is 57.2 Å². The van der Waals surface area contributed by atoms with Gasteiger partial charge in [0.15, 0.2) is 0 Å². The molecule has 1 amide bonds. The average molecular weight is 351 g/mol. The van der Waals surface area contributed by atoms with Crippen molar-refractivity contribution in [2.75, 3.05) is 11.9 Å². The third kappa shape index (κ3) is 4.47. The number of anilines is 1. The molecule has 1 N–H and O–H groups in total. The van der Waals surface area contributed by atoms with Crippen LogP contribution in [-0.4, -0.2) is 22.7 Å². The Hall–Kier alpha value is -3.15. The van der Waals surface area contributed by atoms with Gasteiger partial charge >= 0.3 is 6.01 Å². The number of carbonyl (C=O) groups is 1. The second-order valence-electron chi connectivity index (χ2n) is 6.09. The molecule has 26 heavy (non-hydrogen) atoms. The quantitative estimate of drug-likeness (QED) is 0.728. The van der Waals surface area contributed by atoms with Crippen LogP contribution in [0.3, 0.4) is 0 Å². The minimum atomic E-state index is -0.218. The van der Waals surface area contributed by atoms with Crippen LogP contribution >= 0.6 is 0 Å². The molecule has 1 heterocycles. The molecule has 3 rings (SSSR count). The third-order valence-corrected chi connectivity index (χ3v) is 3.74. The molecule has 0 saturated heterocycles. The lowest BCUT2D eigenvalue weighted by Crippen LogP contribution is -2.14. The Balaban J connectivity index is 1.64. The van der Waals surface area contributed by atoms with E-state index in [0.29, 0.717) is 12.5 Å². The Morgan fingerprint density at radius 2 is 1.77 bits per heavy atom. The number of amides is 1. The van der Waals surface area contributed by atoms with E-state index in [1.54, 1.807) is 0 Å². The molecule has 1 aromatic heterocycles. The van der Waals surface area contributed by atoms with Crippen LogP contribution < -0.4 is 10.1 Å². The van der Waals surface area contributed by atoms with Gasteiger partial charge in [-0.2, -0.15) is 0 Å². The average Bonchev–Trinajstić information content (AvgIpc) is 3.04. The van der Waals surface area contributed by atoms with Crippen LogP contribution in [-0.2, 0) is 11.2 Å². The van der Waals surface area contributed by atoms with E-state index in [2.05, 4.69) is 21.6 Å². The minimum Gasteiger partial charge on any atom is -0.494 e. The van der Waals surface area contributed by atoms with E-state index < -0.39 is 0 Å². The molecule has 0 fully saturated rings. The number of nitrogens with one attached hydrogen (secondary N) is 1. The summed E-state index contributed by atoms with van der Waals surface area (Å²) >= 11 is 0. The predicted octanol–water partition coefficient (Wildman–Crippen LogP) is 3.93. The zero-order chi connectivity index (χ0) is 18.5. The van der Waals surface area contributed by atoms with Gasteiger partial charge in [-0.3, -0.25) is 10.1 Å². The Morgan fingerprint density at radius 3 is 2.42 bits per heavy atom. The summed E-state index contributed by atoms with van der Waals surface area (Å²) in [5.41, 5.74) is 3.93. The smallest absolute Gasteiger partial charge is 0.322 e. The Labute approximate surface area is 152 Å². The van der Waals surface area contributed by atoms with E-state index >= 15 is 0 Å². The summed E-state index contributed by atoms with van der Waals surface area (Å²) in [6, 6.07) is 13.5. The second-order valence-corrected chi connectivity index (χ2v) is 6.09. The van der Waals surface area contributed by atoms with Gasteiger partial charge < -0.3 is 9.15 Å². The molecule has 0 aliphatic carbocycles. The van der Waals surface area contributed by atoms with Crippen molar-refractivity contribution in [1.82, 2.24) is 10.2 Å². The Bertz CT molecular complexity index is 881. The van der Waals surface area contributed by atoms with Crippen molar-refractivity contribution >= 4 is 11.9 Å². The van der Waals surface area contributed by atoms with Gasteiger partial charge in [-0.1, -0.05) is 34.4 Å². The van der Waals surface area contributed by atoms with Crippen LogP contribution in [0.5, 0.6) is 5.75 Å². The molecule has 6 heteroatoms. The molecule has 0 spiro atoms. The van der Waals surface area contributed by atoms with Gasteiger partial charge in [0.25, 0.3) is 0 Å². The highest BCUT2D eigenvalue weighted by molar-refractivity contribution is 5.90. The van der Waals surface area contributed by atoms with Gasteiger partial charge in [0.05, 0.1) is 13.0 Å². The standard InChI is InChI=1S/C20H21N3O3/c1-4-25-17-7-5-15(6-8-17)12-18(24)21-20-23-22-19(26-20)16-10-13(2)9-14(3)11-16/h5-11H,4,12H2,1-3H3,(H,21,23,24). The number of aromatic nitrogens is 2. The van der Waals surface area contributed by atoms with Crippen molar-refractivity contribution in [3.05, 3.63) is 59.2 Å². The SMILES string of the molecule is CCOc1ccc(CC(=O)Nc2nnc(-c3cc(C)cc(C)c3)o2)cc1. The van der Waals surface area contributed by atoms with Crippen LogP contribution in [0.2, 0.25) is 0 Å². The summed E-state index contributed by atoms with van der Waals surface area (Å²) in [5.74, 6) is 0.949. The maximum atomic E-state index is 12.2. The first-order chi connectivity index (χ1) is 12.5. The highest BCUT2D eigenvalue weighted by Crippen LogP contribution is 2.22. The van der Waals surface area contributed by atoms with Gasteiger partial charge in [0.2, 0.25) is 11.8 Å². The Kier molecular flexibility index (Phi) is 5.31. The molecule has 0 atom stereocenters. The number of benzene rings is 2. The summed E-state index contributed by atoms with van der Waals surface area (Å²) in [5, 5.41) is 10.6. The lowest BCUT2D eigenvalue weighted by molar-refractivity contribution is -0.115. The van der Waals surface area contributed by atoms with Crippen LogP contribution in [0, 0.1) is 13.8 Å². The van der Waals surface area contributed by atoms with E-state index in [-0.39, 0.29) is 18.3 Å². The van der Waals surface area contributed by atoms with Crippen molar-refractivity contribution in [3.63, 3.8) is 0 Å². The van der Waals surface area contributed by atoms with E-state index in [4.69, 9.17) is 9.15 Å². The fraction of sp³-hybridized carbons (Fsp3) is 0.250. The summed E-state index contributed by atoms with van der Waals surface area (Å²) in [4.78, 5) is 12.2. The molecule has 134 valence electrons. The number of hydrogen-bond acceptors (Lipinski definition) is 5. The zero-order valence-electron chi connectivity index (χ0n) is 15.1. The highest BCUT2D eigenvalue weighted by Gasteiger charge is 2.12. The highest BCUT2D eigenvalue weighted by atomic mass is 16.5. The van der Waals surface area contributed by atoms with Crippen molar-refractivity contribution in [2.24, 2.45) is 0 Å². The predicted molar refractivity (Wildman–Crippen MR) is 99.2 cm³/mol. The molecule has 0 bridgehead atoms. The third-order valence-electron chi connectivity index (χ3n) is 3.74. The van der Waals surface area contributed by atoms with Gasteiger partial charge in [-0.25, -0.2) is 0 Å². The number of aryl methyl sites for hydroxylation is 2. The van der Waals surface area contributed by atoms with Crippen molar-refractivity contribution in [2.45, 2.75) is 27.2 Å². The maximum Gasteiger partial charge on any atom is 0.322 e. The first-order valence-corrected chi connectivity index (χ1v) is 8.47. The number of rotatable bonds is 6. The summed E-state index contributed by atoms with van der Waals surface area (Å²) in [6.07, 6.45) is 0.216. The fourth-order valence-corrected chi connectivity index (χ4v) is 2.71. The van der Waals surface area contributed by atoms with E-state index in [1.165, 1.54) is 0 Å². The number of carbonyl (C=O) groups excluding carboxylic acids is 1. The first-order valence-electron chi connectivity index (χ1n) is 8.47. The number of ether oxygens (including phenoxy) is 1. The van der Waals surface area contributed by atoms with Crippen LogP contribution in [0.1, 0.15) is 23.6 Å². The normalized spacial score (nSPS) is 10.6. The molecule has 3 aromatic rings. The minimum absolute atomic E-state index is 0.0927. The van der Waals surface area contributed by atoms with E-state index in [9.17, 15) is 4.79 Å². The van der Waals surface area contributed by atoms with Crippen LogP contribution in [0.4, 0.5) is 6.01 Å². The fourth-order valence-electron chi connectivity index (χ4n) is 2.71. The molecule has 0 saturated carbocycles. The largest absolute Gasteiger partial charge is 0.494 e. The summed E-state index contributed by atoms with van der Waals surface area (Å²) in [6.45, 7) is 6.55. The van der Waals surface area contributed by atoms with Crippen molar-refractivity contribution in [1.29, 1.82) is 0 Å². The lowest BCUT2D eigenvalue weighted by Gasteiger charge is -2.04. The molecule has 0 aliphatic rings. The van der Waals surface area contributed by atoms with Gasteiger partial charge in [0, 0.05) is 5.56 Å². The molecule has 6 nitrogen and oxygen atoms in total. The van der Waals surface area contributed by atoms with Gasteiger partial charge in [-0.15, -0.1) is 5.10 Å². The molecule has 2 aromatic carbocycles. The second kappa shape index (κ2) is 7.82. The number of nitrogens with zero attached hydrogens (tertiary/aromatic N) is 2. The molecular weight excluding hydrogens is 330 g/mol. The molecule has 0 radical (unpaired) electrons. The summed E-state index contributed by atoms with van der Waals surface area (Å²) < 4.78 is 11.0. The Morgan fingerprint density at radius 1 is 1.08 bits per heavy atom. The van der Waals surface area contributed by atoms with Crippen molar-refractivity contribution < 1.29 is 13.9 Å². The molecule has 0 aliphatic heterocycles. The van der Waals surface area contributed by atoms with Crippen molar-refractivity contribution in [3.8, 4) is 17.2 Å². The van der Waals surface area contributed by atoms with Crippen LogP contribution in [0.25, 0.3) is 11.5 Å². The lowest BCUT2D eigenvalue weighted by atomic mass is 10.1. The molecular formula is C20H21N3O3. The monoisotopic (exact) mass is 351 g/mol. The van der Waals surface area contributed by atoms with Gasteiger partial charge in [-0.05, 0) is 50.6 Å². The van der Waals surface area contributed by atoms with E-state index in [0.717, 1.165) is 28.0 Å². The number of hydrogen-bond donors (Lipinski definition) is 1. The summed E-state index contributed by atoms with van der Waals surface area (Å²) in [7, 11) is 0. The van der Waals surface area contributed by atoms with Crippen LogP contribution in [0.15, 0.2) is 46.9 Å². The van der Waals surface area contributed by atoms with Gasteiger partial charge in [0.1, 0.15) is 5.75 Å². The topological polar surface area (TPSA) is 77.2 Å². The first kappa shape index (κ1) is 17.7. The maximum absolute atomic E-state index is 12.2. The molecule has 0 unspecified atom stereocenters. The zero-order valence-corrected chi connectivity index (χ0v) is 15.1.